The van der Waals surface area contributed by atoms with Gasteiger partial charge in [-0.15, -0.1) is 0 Å². The van der Waals surface area contributed by atoms with Gasteiger partial charge in [-0.05, 0) is 63.4 Å². The Bertz CT molecular complexity index is 533. The van der Waals surface area contributed by atoms with E-state index in [0.29, 0.717) is 6.04 Å². The summed E-state index contributed by atoms with van der Waals surface area (Å²) in [6.07, 6.45) is 0. The molecule has 0 aliphatic rings. The lowest BCUT2D eigenvalue weighted by molar-refractivity contribution is 0.698. The van der Waals surface area contributed by atoms with Crippen molar-refractivity contribution in [2.75, 3.05) is 5.43 Å². The molecule has 0 fully saturated rings. The van der Waals surface area contributed by atoms with Crippen LogP contribution in [0.4, 0.5) is 0 Å². The highest BCUT2D eigenvalue weighted by atomic mass is 15.4. The van der Waals surface area contributed by atoms with Crippen LogP contribution in [0.5, 0.6) is 0 Å². The van der Waals surface area contributed by atoms with Crippen molar-refractivity contribution in [3.63, 3.8) is 0 Å². The number of hydrogen-bond donors (Lipinski definition) is 1. The SMILES string of the molecule is Cc1ccc(C(C)Nn2c(C)ccc2C)cc1C. The van der Waals surface area contributed by atoms with Gasteiger partial charge in [0.15, 0.2) is 0 Å². The molecule has 2 aromatic rings. The lowest BCUT2D eigenvalue weighted by Crippen LogP contribution is -2.21. The fraction of sp³-hybridized carbons (Fsp3) is 0.375. The minimum Gasteiger partial charge on any atom is -0.319 e. The van der Waals surface area contributed by atoms with Gasteiger partial charge in [0, 0.05) is 11.4 Å². The van der Waals surface area contributed by atoms with Gasteiger partial charge in [-0.2, -0.15) is 0 Å². The van der Waals surface area contributed by atoms with E-state index in [-0.39, 0.29) is 0 Å². The van der Waals surface area contributed by atoms with Crippen LogP contribution in [0.3, 0.4) is 0 Å². The molecule has 2 heteroatoms. The summed E-state index contributed by atoms with van der Waals surface area (Å²) in [6, 6.07) is 11.2. The molecule has 2 rings (SSSR count). The lowest BCUT2D eigenvalue weighted by atomic mass is 10.0. The van der Waals surface area contributed by atoms with Gasteiger partial charge >= 0.3 is 0 Å². The molecule has 1 heterocycles. The Morgan fingerprint density at radius 1 is 0.889 bits per heavy atom. The van der Waals surface area contributed by atoms with Gasteiger partial charge in [-0.1, -0.05) is 18.2 Å². The number of nitrogens with zero attached hydrogens (tertiary/aromatic N) is 1. The Kier molecular flexibility index (Phi) is 3.46. The molecule has 0 aliphatic heterocycles. The molecule has 0 amide bonds. The fourth-order valence-electron chi connectivity index (χ4n) is 2.17. The molecule has 2 nitrogen and oxygen atoms in total. The second-order valence-corrected chi connectivity index (χ2v) is 5.15. The van der Waals surface area contributed by atoms with Crippen molar-refractivity contribution < 1.29 is 0 Å². The summed E-state index contributed by atoms with van der Waals surface area (Å²) in [4.78, 5) is 0. The van der Waals surface area contributed by atoms with Gasteiger partial charge in [0.2, 0.25) is 0 Å². The van der Waals surface area contributed by atoms with E-state index in [0.717, 1.165) is 0 Å². The van der Waals surface area contributed by atoms with Crippen LogP contribution in [0, 0.1) is 27.7 Å². The van der Waals surface area contributed by atoms with E-state index >= 15 is 0 Å². The average Bonchev–Trinajstić information content (AvgIpc) is 2.64. The van der Waals surface area contributed by atoms with E-state index in [9.17, 15) is 0 Å². The summed E-state index contributed by atoms with van der Waals surface area (Å²) in [7, 11) is 0. The summed E-state index contributed by atoms with van der Waals surface area (Å²) in [5.74, 6) is 0. The number of aryl methyl sites for hydroxylation is 4. The summed E-state index contributed by atoms with van der Waals surface area (Å²) in [6.45, 7) is 10.7. The van der Waals surface area contributed by atoms with Crippen molar-refractivity contribution in [1.82, 2.24) is 4.68 Å². The molecule has 1 aromatic heterocycles. The van der Waals surface area contributed by atoms with E-state index in [1.807, 2.05) is 0 Å². The molecule has 0 saturated heterocycles. The molecule has 0 aliphatic carbocycles. The predicted molar refractivity (Wildman–Crippen MR) is 77.6 cm³/mol. The van der Waals surface area contributed by atoms with Crippen LogP contribution >= 0.6 is 0 Å². The van der Waals surface area contributed by atoms with Gasteiger partial charge in [0.1, 0.15) is 0 Å². The molecule has 0 spiro atoms. The molecule has 18 heavy (non-hydrogen) atoms. The topological polar surface area (TPSA) is 17.0 Å². The fourth-order valence-corrected chi connectivity index (χ4v) is 2.17. The zero-order chi connectivity index (χ0) is 13.3. The third-order valence-corrected chi connectivity index (χ3v) is 3.62. The number of rotatable bonds is 3. The van der Waals surface area contributed by atoms with E-state index in [1.165, 1.54) is 28.1 Å². The summed E-state index contributed by atoms with van der Waals surface area (Å²) in [5, 5.41) is 0. The number of aromatic nitrogens is 1. The van der Waals surface area contributed by atoms with Gasteiger partial charge in [-0.3, -0.25) is 4.68 Å². The van der Waals surface area contributed by atoms with Crippen molar-refractivity contribution in [1.29, 1.82) is 0 Å². The Hall–Kier alpha value is -1.70. The van der Waals surface area contributed by atoms with Crippen molar-refractivity contribution >= 4 is 0 Å². The van der Waals surface area contributed by atoms with Crippen molar-refractivity contribution in [2.45, 2.75) is 40.7 Å². The lowest BCUT2D eigenvalue weighted by Gasteiger charge is -2.20. The first-order chi connectivity index (χ1) is 8.49. The van der Waals surface area contributed by atoms with Crippen LogP contribution in [-0.2, 0) is 0 Å². The van der Waals surface area contributed by atoms with Crippen LogP contribution in [0.2, 0.25) is 0 Å². The van der Waals surface area contributed by atoms with Crippen LogP contribution in [0.25, 0.3) is 0 Å². The Morgan fingerprint density at radius 3 is 2.06 bits per heavy atom. The first-order valence-electron chi connectivity index (χ1n) is 6.47. The second kappa shape index (κ2) is 4.89. The highest BCUT2D eigenvalue weighted by Gasteiger charge is 2.08. The number of nitrogens with one attached hydrogen (secondary N) is 1. The van der Waals surface area contributed by atoms with Crippen LogP contribution in [-0.4, -0.2) is 4.68 Å². The molecule has 1 aromatic carbocycles. The Labute approximate surface area is 110 Å². The molecule has 96 valence electrons. The van der Waals surface area contributed by atoms with Crippen molar-refractivity contribution in [3.8, 4) is 0 Å². The van der Waals surface area contributed by atoms with Crippen LogP contribution in [0.15, 0.2) is 30.3 Å². The van der Waals surface area contributed by atoms with Gasteiger partial charge in [0.05, 0.1) is 6.04 Å². The summed E-state index contributed by atoms with van der Waals surface area (Å²) < 4.78 is 2.15. The first kappa shape index (κ1) is 12.7. The van der Waals surface area contributed by atoms with E-state index < -0.39 is 0 Å². The quantitative estimate of drug-likeness (QED) is 0.860. The summed E-state index contributed by atoms with van der Waals surface area (Å²) >= 11 is 0. The number of benzene rings is 1. The van der Waals surface area contributed by atoms with Crippen molar-refractivity contribution in [2.24, 2.45) is 0 Å². The van der Waals surface area contributed by atoms with Crippen LogP contribution < -0.4 is 5.43 Å². The summed E-state index contributed by atoms with van der Waals surface area (Å²) in [5.41, 5.74) is 10.0. The van der Waals surface area contributed by atoms with E-state index in [1.54, 1.807) is 0 Å². The minimum absolute atomic E-state index is 0.300. The van der Waals surface area contributed by atoms with Crippen molar-refractivity contribution in [3.05, 3.63) is 58.4 Å². The normalized spacial score (nSPS) is 12.5. The third kappa shape index (κ3) is 2.42. The largest absolute Gasteiger partial charge is 0.319 e. The molecule has 0 saturated carbocycles. The molecule has 1 unspecified atom stereocenters. The molecular weight excluding hydrogens is 220 g/mol. The van der Waals surface area contributed by atoms with E-state index in [2.05, 4.69) is 75.1 Å². The first-order valence-corrected chi connectivity index (χ1v) is 6.47. The van der Waals surface area contributed by atoms with Gasteiger partial charge in [-0.25, -0.2) is 0 Å². The smallest absolute Gasteiger partial charge is 0.0645 e. The monoisotopic (exact) mass is 242 g/mol. The third-order valence-electron chi connectivity index (χ3n) is 3.62. The number of hydrogen-bond acceptors (Lipinski definition) is 1. The Morgan fingerprint density at radius 2 is 1.50 bits per heavy atom. The molecule has 1 atom stereocenters. The van der Waals surface area contributed by atoms with Gasteiger partial charge in [0.25, 0.3) is 0 Å². The zero-order valence-corrected chi connectivity index (χ0v) is 11.9. The maximum atomic E-state index is 3.54. The average molecular weight is 242 g/mol. The van der Waals surface area contributed by atoms with Crippen LogP contribution in [0.1, 0.15) is 41.0 Å². The van der Waals surface area contributed by atoms with E-state index in [4.69, 9.17) is 0 Å². The Balaban J connectivity index is 2.22. The molecule has 0 radical (unpaired) electrons. The zero-order valence-electron chi connectivity index (χ0n) is 11.9. The minimum atomic E-state index is 0.300. The highest BCUT2D eigenvalue weighted by Crippen LogP contribution is 2.18. The maximum absolute atomic E-state index is 3.54. The van der Waals surface area contributed by atoms with Gasteiger partial charge < -0.3 is 5.43 Å². The molecular formula is C16H22N2. The maximum Gasteiger partial charge on any atom is 0.0645 e. The highest BCUT2D eigenvalue weighted by molar-refractivity contribution is 5.32. The second-order valence-electron chi connectivity index (χ2n) is 5.15. The standard InChI is InChI=1S/C16H22N2/c1-11-6-9-16(10-12(11)2)15(5)17-18-13(3)7-8-14(18)4/h6-10,15,17H,1-5H3. The molecule has 1 N–H and O–H groups in total. The molecule has 0 bridgehead atoms. The predicted octanol–water partition coefficient (Wildman–Crippen LogP) is 4.03.